The van der Waals surface area contributed by atoms with Gasteiger partial charge < -0.3 is 19.4 Å². The highest BCUT2D eigenvalue weighted by molar-refractivity contribution is 6.01. The van der Waals surface area contributed by atoms with E-state index in [9.17, 15) is 14.3 Å². The van der Waals surface area contributed by atoms with Crippen molar-refractivity contribution in [1.82, 2.24) is 20.0 Å². The molecule has 1 fully saturated rings. The zero-order chi connectivity index (χ0) is 20.4. The van der Waals surface area contributed by atoms with Gasteiger partial charge in [-0.05, 0) is 37.3 Å². The van der Waals surface area contributed by atoms with E-state index in [0.717, 1.165) is 0 Å². The lowest BCUT2D eigenvalue weighted by molar-refractivity contribution is 0.0735. The first-order valence-electron chi connectivity index (χ1n) is 9.29. The fraction of sp³-hybridized carbons (Fsp3) is 0.300. The topological polar surface area (TPSA) is 95.6 Å². The van der Waals surface area contributed by atoms with Crippen LogP contribution in [-0.4, -0.2) is 57.2 Å². The van der Waals surface area contributed by atoms with Crippen LogP contribution >= 0.6 is 0 Å². The van der Waals surface area contributed by atoms with Gasteiger partial charge >= 0.3 is 0 Å². The molecule has 0 aliphatic carbocycles. The van der Waals surface area contributed by atoms with Crippen LogP contribution in [0, 0.1) is 5.82 Å². The molecule has 9 heteroatoms. The molecule has 1 atom stereocenters. The molecule has 0 bridgehead atoms. The van der Waals surface area contributed by atoms with Gasteiger partial charge in [-0.25, -0.2) is 14.4 Å². The van der Waals surface area contributed by atoms with E-state index in [1.807, 2.05) is 4.90 Å². The van der Waals surface area contributed by atoms with Crippen molar-refractivity contribution >= 4 is 11.9 Å². The predicted molar refractivity (Wildman–Crippen MR) is 103 cm³/mol. The van der Waals surface area contributed by atoms with Crippen LogP contribution in [0.3, 0.4) is 0 Å². The molecule has 29 heavy (non-hydrogen) atoms. The van der Waals surface area contributed by atoms with Gasteiger partial charge in [0.2, 0.25) is 5.95 Å². The van der Waals surface area contributed by atoms with E-state index in [4.69, 9.17) is 4.52 Å². The lowest BCUT2D eigenvalue weighted by Gasteiger charge is -2.34. The molecule has 8 nitrogen and oxygen atoms in total. The minimum Gasteiger partial charge on any atom is -0.385 e. The number of rotatable bonds is 4. The van der Waals surface area contributed by atoms with Crippen LogP contribution in [0.1, 0.15) is 29.1 Å². The van der Waals surface area contributed by atoms with Gasteiger partial charge in [-0.15, -0.1) is 0 Å². The van der Waals surface area contributed by atoms with Crippen molar-refractivity contribution in [3.05, 3.63) is 59.9 Å². The molecule has 0 unspecified atom stereocenters. The Hall–Kier alpha value is -3.33. The Balaban J connectivity index is 1.58. The van der Waals surface area contributed by atoms with Gasteiger partial charge in [0, 0.05) is 44.1 Å². The summed E-state index contributed by atoms with van der Waals surface area (Å²) >= 11 is 0. The van der Waals surface area contributed by atoms with E-state index in [1.54, 1.807) is 23.4 Å². The Morgan fingerprint density at radius 1 is 1.14 bits per heavy atom. The van der Waals surface area contributed by atoms with Crippen molar-refractivity contribution in [2.24, 2.45) is 0 Å². The molecule has 1 N–H and O–H groups in total. The fourth-order valence-electron chi connectivity index (χ4n) is 3.32. The van der Waals surface area contributed by atoms with Crippen molar-refractivity contribution in [2.75, 3.05) is 31.1 Å². The number of halogens is 1. The highest BCUT2D eigenvalue weighted by Crippen LogP contribution is 2.30. The third-order valence-corrected chi connectivity index (χ3v) is 4.83. The van der Waals surface area contributed by atoms with Crippen LogP contribution in [0.2, 0.25) is 0 Å². The zero-order valence-electron chi connectivity index (χ0n) is 15.8. The molecule has 1 aliphatic rings. The summed E-state index contributed by atoms with van der Waals surface area (Å²) in [5.74, 6) is 0.0552. The third kappa shape index (κ3) is 3.81. The molecule has 0 spiro atoms. The Bertz CT molecular complexity index is 983. The third-order valence-electron chi connectivity index (χ3n) is 4.83. The summed E-state index contributed by atoms with van der Waals surface area (Å²) in [6.07, 6.45) is 2.36. The second-order valence-corrected chi connectivity index (χ2v) is 6.78. The number of hydrogen-bond donors (Lipinski definition) is 1. The minimum atomic E-state index is -1.00. The number of hydrogen-bond acceptors (Lipinski definition) is 7. The second-order valence-electron chi connectivity index (χ2n) is 6.78. The van der Waals surface area contributed by atoms with Gasteiger partial charge in [-0.3, -0.25) is 4.79 Å². The van der Waals surface area contributed by atoms with Crippen LogP contribution in [0.5, 0.6) is 0 Å². The normalized spacial score (nSPS) is 15.4. The Labute approximate surface area is 166 Å². The van der Waals surface area contributed by atoms with E-state index in [1.165, 1.54) is 31.2 Å². The maximum Gasteiger partial charge on any atom is 0.259 e. The van der Waals surface area contributed by atoms with E-state index in [2.05, 4.69) is 15.1 Å². The first kappa shape index (κ1) is 19.0. The smallest absolute Gasteiger partial charge is 0.259 e. The number of piperazine rings is 1. The predicted octanol–water partition coefficient (Wildman–Crippen LogP) is 2.29. The average molecular weight is 397 g/mol. The molecule has 1 amide bonds. The summed E-state index contributed by atoms with van der Waals surface area (Å²) in [6.45, 7) is 3.60. The standard InChI is InChI=1S/C20H20FN5O3/c1-13(27)18-16(17(24-29-18)14-3-5-15(21)6-4-14)19(28)25-9-11-26(12-10-25)20-22-7-2-8-23-20/h2-8,13,27H,9-12H2,1H3/t13-/m0/s1. The SMILES string of the molecule is C[C@H](O)c1onc(-c2ccc(F)cc2)c1C(=O)N1CCN(c2ncccn2)CC1. The molecule has 1 aromatic carbocycles. The van der Waals surface area contributed by atoms with Crippen LogP contribution in [0.4, 0.5) is 10.3 Å². The van der Waals surface area contributed by atoms with E-state index < -0.39 is 6.10 Å². The van der Waals surface area contributed by atoms with Crippen LogP contribution in [0.15, 0.2) is 47.2 Å². The van der Waals surface area contributed by atoms with E-state index in [0.29, 0.717) is 43.4 Å². The van der Waals surface area contributed by atoms with Crippen molar-refractivity contribution in [3.63, 3.8) is 0 Å². The summed E-state index contributed by atoms with van der Waals surface area (Å²) in [6, 6.07) is 7.39. The molecule has 0 saturated carbocycles. The number of carbonyl (C=O) groups is 1. The van der Waals surface area contributed by atoms with Crippen molar-refractivity contribution in [2.45, 2.75) is 13.0 Å². The number of aliphatic hydroxyl groups is 1. The Kier molecular flexibility index (Phi) is 5.22. The highest BCUT2D eigenvalue weighted by Gasteiger charge is 2.32. The summed E-state index contributed by atoms with van der Waals surface area (Å²) in [5.41, 5.74) is 1.04. The molecule has 4 rings (SSSR count). The number of anilines is 1. The van der Waals surface area contributed by atoms with Crippen molar-refractivity contribution in [1.29, 1.82) is 0 Å². The molecule has 0 radical (unpaired) electrons. The minimum absolute atomic E-state index is 0.100. The second kappa shape index (κ2) is 7.96. The molecule has 3 aromatic rings. The van der Waals surface area contributed by atoms with Gasteiger partial charge in [-0.2, -0.15) is 0 Å². The van der Waals surface area contributed by atoms with Gasteiger partial charge in [0.25, 0.3) is 5.91 Å². The average Bonchev–Trinajstić information content (AvgIpc) is 3.20. The molecular formula is C20H20FN5O3. The highest BCUT2D eigenvalue weighted by atomic mass is 19.1. The Morgan fingerprint density at radius 3 is 2.41 bits per heavy atom. The molecule has 3 heterocycles. The molecule has 2 aromatic heterocycles. The van der Waals surface area contributed by atoms with Crippen molar-refractivity contribution < 1.29 is 18.8 Å². The first-order chi connectivity index (χ1) is 14.0. The number of carbonyl (C=O) groups excluding carboxylic acids is 1. The maximum atomic E-state index is 13.3. The number of amides is 1. The van der Waals surface area contributed by atoms with Gasteiger partial charge in [0.05, 0.1) is 0 Å². The van der Waals surface area contributed by atoms with Crippen LogP contribution < -0.4 is 4.90 Å². The van der Waals surface area contributed by atoms with Crippen molar-refractivity contribution in [3.8, 4) is 11.3 Å². The lowest BCUT2D eigenvalue weighted by atomic mass is 10.0. The quantitative estimate of drug-likeness (QED) is 0.722. The summed E-state index contributed by atoms with van der Waals surface area (Å²) in [7, 11) is 0. The monoisotopic (exact) mass is 397 g/mol. The molecule has 150 valence electrons. The van der Waals surface area contributed by atoms with Crippen LogP contribution in [-0.2, 0) is 0 Å². The summed E-state index contributed by atoms with van der Waals surface area (Å²) < 4.78 is 18.6. The number of nitrogens with zero attached hydrogens (tertiary/aromatic N) is 5. The van der Waals surface area contributed by atoms with E-state index in [-0.39, 0.29) is 23.0 Å². The Morgan fingerprint density at radius 2 is 1.79 bits per heavy atom. The molecule has 1 aliphatic heterocycles. The summed E-state index contributed by atoms with van der Waals surface area (Å²) in [4.78, 5) is 25.5. The van der Waals surface area contributed by atoms with Crippen LogP contribution in [0.25, 0.3) is 11.3 Å². The van der Waals surface area contributed by atoms with E-state index >= 15 is 0 Å². The number of aliphatic hydroxyl groups excluding tert-OH is 1. The lowest BCUT2D eigenvalue weighted by Crippen LogP contribution is -2.49. The number of benzene rings is 1. The fourth-order valence-corrected chi connectivity index (χ4v) is 3.32. The zero-order valence-corrected chi connectivity index (χ0v) is 15.8. The van der Waals surface area contributed by atoms with Gasteiger partial charge in [0.1, 0.15) is 23.2 Å². The van der Waals surface area contributed by atoms with Gasteiger partial charge in [0.15, 0.2) is 5.76 Å². The maximum absolute atomic E-state index is 13.3. The van der Waals surface area contributed by atoms with Gasteiger partial charge in [-0.1, -0.05) is 5.16 Å². The summed E-state index contributed by atoms with van der Waals surface area (Å²) in [5, 5.41) is 14.0. The molecular weight excluding hydrogens is 377 g/mol. The number of aromatic nitrogens is 3. The largest absolute Gasteiger partial charge is 0.385 e. The first-order valence-corrected chi connectivity index (χ1v) is 9.29. The molecule has 1 saturated heterocycles.